The van der Waals surface area contributed by atoms with Gasteiger partial charge in [-0.05, 0) is 24.7 Å². The fraction of sp³-hybridized carbons (Fsp3) is 0.238. The highest BCUT2D eigenvalue weighted by molar-refractivity contribution is 5.93. The molecule has 1 fully saturated rings. The molecule has 0 aliphatic carbocycles. The van der Waals surface area contributed by atoms with Crippen LogP contribution in [0.4, 0.5) is 0 Å². The van der Waals surface area contributed by atoms with E-state index >= 15 is 0 Å². The van der Waals surface area contributed by atoms with Gasteiger partial charge in [-0.3, -0.25) is 19.5 Å². The van der Waals surface area contributed by atoms with E-state index in [0.717, 1.165) is 12.1 Å². The molecule has 1 unspecified atom stereocenters. The number of rotatable bonds is 3. The Bertz CT molecular complexity index is 1020. The van der Waals surface area contributed by atoms with Crippen molar-refractivity contribution in [3.8, 4) is 11.4 Å². The smallest absolute Gasteiger partial charge is 0.264 e. The molecule has 0 spiro atoms. The van der Waals surface area contributed by atoms with Gasteiger partial charge >= 0.3 is 0 Å². The van der Waals surface area contributed by atoms with Crippen molar-refractivity contribution >= 4 is 5.91 Å². The predicted molar refractivity (Wildman–Crippen MR) is 106 cm³/mol. The van der Waals surface area contributed by atoms with E-state index in [2.05, 4.69) is 39.0 Å². The first-order valence-corrected chi connectivity index (χ1v) is 9.17. The number of hydrogen-bond donors (Lipinski definition) is 1. The summed E-state index contributed by atoms with van der Waals surface area (Å²) < 4.78 is 0. The number of carbonyl (C=O) groups is 1. The van der Waals surface area contributed by atoms with Gasteiger partial charge in [0.25, 0.3) is 11.5 Å². The lowest BCUT2D eigenvalue weighted by Gasteiger charge is -2.39. The summed E-state index contributed by atoms with van der Waals surface area (Å²) in [5.74, 6) is 0.107. The van der Waals surface area contributed by atoms with E-state index in [-0.39, 0.29) is 17.5 Å². The summed E-state index contributed by atoms with van der Waals surface area (Å²) in [6.07, 6.45) is 4.63. The van der Waals surface area contributed by atoms with Crippen LogP contribution in [0.1, 0.15) is 22.0 Å². The van der Waals surface area contributed by atoms with Gasteiger partial charge in [-0.2, -0.15) is 0 Å². The Morgan fingerprint density at radius 1 is 1.11 bits per heavy atom. The van der Waals surface area contributed by atoms with Crippen molar-refractivity contribution < 1.29 is 4.79 Å². The van der Waals surface area contributed by atoms with Crippen LogP contribution in [0.2, 0.25) is 0 Å². The van der Waals surface area contributed by atoms with Crippen LogP contribution < -0.4 is 5.56 Å². The van der Waals surface area contributed by atoms with Crippen molar-refractivity contribution in [2.75, 3.05) is 26.7 Å². The molecular weight excluding hydrogens is 354 g/mol. The van der Waals surface area contributed by atoms with Crippen molar-refractivity contribution in [3.63, 3.8) is 0 Å². The fourth-order valence-electron chi connectivity index (χ4n) is 3.46. The van der Waals surface area contributed by atoms with Gasteiger partial charge < -0.3 is 9.88 Å². The molecule has 1 N–H and O–H groups in total. The molecule has 0 radical (unpaired) electrons. The molecule has 7 heteroatoms. The molecule has 3 heterocycles. The minimum Gasteiger partial charge on any atom is -0.335 e. The number of nitrogens with one attached hydrogen (secondary N) is 1. The Morgan fingerprint density at radius 2 is 1.93 bits per heavy atom. The van der Waals surface area contributed by atoms with Crippen LogP contribution in [0.25, 0.3) is 11.4 Å². The van der Waals surface area contributed by atoms with Gasteiger partial charge in [-0.25, -0.2) is 4.98 Å². The maximum Gasteiger partial charge on any atom is 0.264 e. The third-order valence-corrected chi connectivity index (χ3v) is 5.08. The monoisotopic (exact) mass is 375 g/mol. The Morgan fingerprint density at radius 3 is 2.64 bits per heavy atom. The van der Waals surface area contributed by atoms with Crippen LogP contribution in [0.3, 0.4) is 0 Å². The highest BCUT2D eigenvalue weighted by atomic mass is 16.2. The molecule has 7 nitrogen and oxygen atoms in total. The molecule has 1 amide bonds. The highest BCUT2D eigenvalue weighted by Crippen LogP contribution is 2.24. The van der Waals surface area contributed by atoms with E-state index < -0.39 is 5.56 Å². The maximum absolute atomic E-state index is 13.0. The standard InChI is InChI=1S/C21H21N5O2/c1-25-10-11-26(14-18(25)15-6-3-2-4-7-15)21(28)17-13-23-19(24-20(17)27)16-8-5-9-22-12-16/h2-9,12-13,18H,10-11,14H2,1H3,(H,23,24,27). The number of carbonyl (C=O) groups excluding carboxylic acids is 1. The summed E-state index contributed by atoms with van der Waals surface area (Å²) in [5, 5.41) is 0. The average Bonchev–Trinajstić information content (AvgIpc) is 2.75. The number of amides is 1. The van der Waals surface area contributed by atoms with Gasteiger partial charge in [0.05, 0.1) is 6.04 Å². The van der Waals surface area contributed by atoms with Crippen molar-refractivity contribution in [1.82, 2.24) is 24.8 Å². The summed E-state index contributed by atoms with van der Waals surface area (Å²) in [7, 11) is 2.05. The molecule has 2 aromatic heterocycles. The molecule has 3 aromatic rings. The van der Waals surface area contributed by atoms with Gasteiger partial charge in [-0.15, -0.1) is 0 Å². The van der Waals surface area contributed by atoms with E-state index in [1.165, 1.54) is 6.20 Å². The SMILES string of the molecule is CN1CCN(C(=O)c2cnc(-c3cccnc3)[nH]c2=O)CC1c1ccccc1. The third kappa shape index (κ3) is 3.57. The summed E-state index contributed by atoms with van der Waals surface area (Å²) in [6, 6.07) is 13.8. The quantitative estimate of drug-likeness (QED) is 0.757. The largest absolute Gasteiger partial charge is 0.335 e. The number of benzene rings is 1. The Kier molecular flexibility index (Phi) is 4.99. The van der Waals surface area contributed by atoms with Crippen molar-refractivity contribution in [3.05, 3.63) is 82.5 Å². The fourth-order valence-corrected chi connectivity index (χ4v) is 3.46. The molecule has 1 atom stereocenters. The third-order valence-electron chi connectivity index (χ3n) is 5.08. The highest BCUT2D eigenvalue weighted by Gasteiger charge is 2.30. The number of nitrogens with zero attached hydrogens (tertiary/aromatic N) is 4. The summed E-state index contributed by atoms with van der Waals surface area (Å²) in [4.78, 5) is 40.5. The van der Waals surface area contributed by atoms with E-state index in [1.54, 1.807) is 29.4 Å². The van der Waals surface area contributed by atoms with E-state index in [1.807, 2.05) is 18.2 Å². The molecule has 1 saturated heterocycles. The molecule has 28 heavy (non-hydrogen) atoms. The second-order valence-corrected chi connectivity index (χ2v) is 6.87. The van der Waals surface area contributed by atoms with Crippen LogP contribution in [0, 0.1) is 0 Å². The number of likely N-dealkylation sites (N-methyl/N-ethyl adjacent to an activating group) is 1. The normalized spacial score (nSPS) is 17.5. The molecule has 4 rings (SSSR count). The van der Waals surface area contributed by atoms with E-state index in [0.29, 0.717) is 24.5 Å². The maximum atomic E-state index is 13.0. The number of piperazine rings is 1. The van der Waals surface area contributed by atoms with Gasteiger partial charge in [-0.1, -0.05) is 30.3 Å². The van der Waals surface area contributed by atoms with Crippen LogP contribution in [-0.2, 0) is 0 Å². The molecular formula is C21H21N5O2. The minimum atomic E-state index is -0.436. The average molecular weight is 375 g/mol. The molecule has 0 bridgehead atoms. The Balaban J connectivity index is 1.57. The summed E-state index contributed by atoms with van der Waals surface area (Å²) in [6.45, 7) is 1.84. The summed E-state index contributed by atoms with van der Waals surface area (Å²) in [5.41, 5.74) is 1.47. The van der Waals surface area contributed by atoms with Gasteiger partial charge in [0.2, 0.25) is 0 Å². The van der Waals surface area contributed by atoms with Crippen LogP contribution >= 0.6 is 0 Å². The van der Waals surface area contributed by atoms with Crippen molar-refractivity contribution in [2.24, 2.45) is 0 Å². The second kappa shape index (κ2) is 7.74. The lowest BCUT2D eigenvalue weighted by atomic mass is 10.0. The molecule has 142 valence electrons. The lowest BCUT2D eigenvalue weighted by Crippen LogP contribution is -2.49. The zero-order chi connectivity index (χ0) is 19.5. The number of H-pyrrole nitrogens is 1. The van der Waals surface area contributed by atoms with Crippen LogP contribution in [0.5, 0.6) is 0 Å². The predicted octanol–water partition coefficient (Wildman–Crippen LogP) is 1.96. The molecule has 0 saturated carbocycles. The van der Waals surface area contributed by atoms with Crippen LogP contribution in [-0.4, -0.2) is 57.3 Å². The Hall–Kier alpha value is -3.32. The van der Waals surface area contributed by atoms with E-state index in [9.17, 15) is 9.59 Å². The number of aromatic amines is 1. The number of hydrogen-bond acceptors (Lipinski definition) is 5. The first-order valence-electron chi connectivity index (χ1n) is 9.17. The van der Waals surface area contributed by atoms with E-state index in [4.69, 9.17) is 0 Å². The lowest BCUT2D eigenvalue weighted by molar-refractivity contribution is 0.0544. The summed E-state index contributed by atoms with van der Waals surface area (Å²) >= 11 is 0. The zero-order valence-electron chi connectivity index (χ0n) is 15.6. The number of pyridine rings is 1. The first kappa shape index (κ1) is 18.1. The topological polar surface area (TPSA) is 82.2 Å². The van der Waals surface area contributed by atoms with Crippen molar-refractivity contribution in [1.29, 1.82) is 0 Å². The number of aromatic nitrogens is 3. The molecule has 1 aliphatic heterocycles. The minimum absolute atomic E-state index is 0.0593. The Labute approximate surface area is 162 Å². The van der Waals surface area contributed by atoms with Crippen LogP contribution in [0.15, 0.2) is 65.8 Å². The molecule has 1 aliphatic rings. The van der Waals surface area contributed by atoms with Gasteiger partial charge in [0.15, 0.2) is 0 Å². The van der Waals surface area contributed by atoms with Gasteiger partial charge in [0, 0.05) is 43.8 Å². The zero-order valence-corrected chi connectivity index (χ0v) is 15.6. The van der Waals surface area contributed by atoms with Gasteiger partial charge in [0.1, 0.15) is 11.4 Å². The van der Waals surface area contributed by atoms with Crippen molar-refractivity contribution in [2.45, 2.75) is 6.04 Å². The first-order chi connectivity index (χ1) is 13.6. The second-order valence-electron chi connectivity index (χ2n) is 6.87. The molecule has 1 aromatic carbocycles.